The van der Waals surface area contributed by atoms with Gasteiger partial charge in [-0.3, -0.25) is 0 Å². The summed E-state index contributed by atoms with van der Waals surface area (Å²) in [4.78, 5) is 5.52. The van der Waals surface area contributed by atoms with Crippen molar-refractivity contribution in [1.29, 1.82) is 0 Å². The number of benzene rings is 15. The molecule has 15 aromatic carbocycles. The van der Waals surface area contributed by atoms with Crippen molar-refractivity contribution < 1.29 is 0 Å². The summed E-state index contributed by atoms with van der Waals surface area (Å²) in [7, 11) is 0. The van der Waals surface area contributed by atoms with Gasteiger partial charge in [0, 0.05) is 61.5 Å². The number of rotatable bonds is 8. The third kappa shape index (κ3) is 11.9. The van der Waals surface area contributed by atoms with Gasteiger partial charge in [-0.05, 0) is 201 Å². The SMILES string of the molecule is CC(C)(C)c1ccc(-c2cccc(-c3ccc(C(C)(C)C)cc3)c2N2c3ccc(-c4cc(C(C)(C)C)cc(C(C)(C)C)c4)cc3B3c4ccc(-n5c6ccc7cccc8c9cccc%10ccc5c(c%109)c6c78)cc4N(c4c(-c5ccc(C(C)(C)C)cc5)cccc4-c4ccc(C(C)(C)C)cc4)c4cc(C(C)(C)C)cc2c43)cc1. The molecule has 18 rings (SSSR count). The fraction of sp³-hybridized carbons (Fsp3) is 0.259. The van der Waals surface area contributed by atoms with Gasteiger partial charge in [-0.15, -0.1) is 0 Å². The quantitative estimate of drug-likeness (QED) is 0.0853. The maximum atomic E-state index is 2.77. The molecule has 1 aromatic heterocycles. The van der Waals surface area contributed by atoms with Crippen LogP contribution in [-0.4, -0.2) is 11.3 Å². The molecule has 0 radical (unpaired) electrons. The van der Waals surface area contributed by atoms with E-state index in [1.807, 2.05) is 0 Å². The van der Waals surface area contributed by atoms with Gasteiger partial charge in [0.2, 0.25) is 0 Å². The third-order valence-corrected chi connectivity index (χ3v) is 25.0. The highest BCUT2D eigenvalue weighted by Gasteiger charge is 2.47. The normalized spacial score (nSPS) is 13.7. The molecule has 4 heteroatoms. The zero-order chi connectivity index (χ0) is 78.6. The summed E-state index contributed by atoms with van der Waals surface area (Å²) < 4.78 is 2.61. The Hall–Kier alpha value is -10.9. The highest BCUT2D eigenvalue weighted by Crippen LogP contribution is 2.56. The molecule has 2 aliphatic heterocycles. The molecule has 0 amide bonds. The van der Waals surface area contributed by atoms with Crippen LogP contribution in [0.5, 0.6) is 0 Å². The number of para-hydroxylation sites is 2. The Bertz CT molecular complexity index is 6140. The zero-order valence-electron chi connectivity index (χ0n) is 69.7. The van der Waals surface area contributed by atoms with Crippen LogP contribution in [0.4, 0.5) is 34.1 Å². The van der Waals surface area contributed by atoms with E-state index in [-0.39, 0.29) is 44.6 Å². The van der Waals surface area contributed by atoms with Gasteiger partial charge in [0.15, 0.2) is 0 Å². The molecule has 0 saturated heterocycles. The highest BCUT2D eigenvalue weighted by molar-refractivity contribution is 7.00. The molecule has 16 aromatic rings. The third-order valence-electron chi connectivity index (χ3n) is 25.0. The fourth-order valence-corrected chi connectivity index (χ4v) is 18.5. The van der Waals surface area contributed by atoms with Gasteiger partial charge in [0.05, 0.1) is 22.4 Å². The first kappa shape index (κ1) is 72.6. The summed E-state index contributed by atoms with van der Waals surface area (Å²) in [5.41, 5.74) is 34.5. The maximum Gasteiger partial charge on any atom is 0.252 e. The smallest absolute Gasteiger partial charge is 0.252 e. The van der Waals surface area contributed by atoms with Gasteiger partial charge >= 0.3 is 0 Å². The maximum absolute atomic E-state index is 2.77. The largest absolute Gasteiger partial charge is 0.310 e. The Morgan fingerprint density at radius 2 is 0.580 bits per heavy atom. The van der Waals surface area contributed by atoms with Crippen LogP contribution in [0.15, 0.2) is 261 Å². The van der Waals surface area contributed by atoms with E-state index >= 15 is 0 Å². The van der Waals surface area contributed by atoms with Crippen molar-refractivity contribution in [2.24, 2.45) is 0 Å². The van der Waals surface area contributed by atoms with Crippen molar-refractivity contribution in [3.63, 3.8) is 0 Å². The molecular weight excluding hydrogens is 1350 g/mol. The minimum Gasteiger partial charge on any atom is -0.310 e. The van der Waals surface area contributed by atoms with Gasteiger partial charge in [-0.2, -0.15) is 0 Å². The van der Waals surface area contributed by atoms with E-state index < -0.39 is 0 Å². The lowest BCUT2D eigenvalue weighted by Crippen LogP contribution is -2.61. The van der Waals surface area contributed by atoms with Crippen LogP contribution in [0.3, 0.4) is 0 Å². The number of nitrogens with zero attached hydrogens (tertiary/aromatic N) is 3. The molecule has 3 heterocycles. The van der Waals surface area contributed by atoms with Crippen molar-refractivity contribution in [3.8, 4) is 61.3 Å². The van der Waals surface area contributed by atoms with Gasteiger partial charge in [-0.1, -0.05) is 364 Å². The Morgan fingerprint density at radius 1 is 0.232 bits per heavy atom. The van der Waals surface area contributed by atoms with Crippen molar-refractivity contribution in [3.05, 3.63) is 300 Å². The molecule has 0 atom stereocenters. The molecule has 0 bridgehead atoms. The molecule has 0 fully saturated rings. The predicted molar refractivity (Wildman–Crippen MR) is 488 cm³/mol. The lowest BCUT2D eigenvalue weighted by molar-refractivity contribution is 0.569. The Kier molecular flexibility index (Phi) is 16.4. The average molecular weight is 1460 g/mol. The monoisotopic (exact) mass is 1460 g/mol. The molecule has 0 N–H and O–H groups in total. The van der Waals surface area contributed by atoms with Gasteiger partial charge < -0.3 is 14.4 Å². The molecule has 112 heavy (non-hydrogen) atoms. The van der Waals surface area contributed by atoms with Crippen molar-refractivity contribution in [2.75, 3.05) is 9.80 Å². The second-order valence-electron chi connectivity index (χ2n) is 39.9. The number of anilines is 6. The van der Waals surface area contributed by atoms with E-state index in [4.69, 9.17) is 0 Å². The molecule has 0 aliphatic carbocycles. The van der Waals surface area contributed by atoms with E-state index in [0.717, 1.165) is 33.9 Å². The molecular formula is C108H106BN3. The molecule has 556 valence electrons. The minimum absolute atomic E-state index is 0.0366. The van der Waals surface area contributed by atoms with Crippen molar-refractivity contribution in [1.82, 2.24) is 4.57 Å². The zero-order valence-corrected chi connectivity index (χ0v) is 69.7. The van der Waals surface area contributed by atoms with E-state index in [9.17, 15) is 0 Å². The molecule has 0 saturated carbocycles. The van der Waals surface area contributed by atoms with Crippen molar-refractivity contribution >= 4 is 111 Å². The van der Waals surface area contributed by atoms with Gasteiger partial charge in [0.25, 0.3) is 6.71 Å². The second kappa shape index (κ2) is 25.3. The van der Waals surface area contributed by atoms with E-state index in [1.54, 1.807) is 0 Å². The Morgan fingerprint density at radius 3 is 0.955 bits per heavy atom. The summed E-state index contributed by atoms with van der Waals surface area (Å²) in [6.07, 6.45) is 0. The topological polar surface area (TPSA) is 11.4 Å². The van der Waals surface area contributed by atoms with Crippen LogP contribution in [0.1, 0.15) is 184 Å². The van der Waals surface area contributed by atoms with Crippen LogP contribution in [-0.2, 0) is 37.9 Å². The first-order valence-electron chi connectivity index (χ1n) is 40.8. The molecule has 3 nitrogen and oxygen atoms in total. The average Bonchev–Trinajstić information content (AvgIpc) is 1.18. The lowest BCUT2D eigenvalue weighted by atomic mass is 9.33. The first-order chi connectivity index (χ1) is 53.0. The summed E-state index contributed by atoms with van der Waals surface area (Å²) in [5, 5.41) is 10.4. The van der Waals surface area contributed by atoms with E-state index in [2.05, 4.69) is 421 Å². The van der Waals surface area contributed by atoms with E-state index in [0.29, 0.717) is 0 Å². The van der Waals surface area contributed by atoms with Crippen LogP contribution in [0.25, 0.3) is 115 Å². The van der Waals surface area contributed by atoms with Crippen LogP contribution in [0, 0.1) is 0 Å². The second-order valence-corrected chi connectivity index (χ2v) is 39.9. The fourth-order valence-electron chi connectivity index (χ4n) is 18.5. The standard InChI is InChI=1S/C108H106BN3/c1-102(2,3)73-45-34-65(35-46-73)81-28-24-29-82(66-36-47-74(48-37-66)103(4,5)6)100(81)111-89-55-44-71(72-58-77(106(13,14)15)61-78(59-72)107(16,17)18)60-88(89)109-87-54-53-80(110-90-56-42-69-26-22-32-85-86-33-23-27-70-43-57-91(110)98(96(70)86)97(90)95(69)85)64-92(87)112(94-63-79(108(19,20)21)62-93(111)99(94)109)101-83(67-38-49-75(50-39-67)104(7,8)9)30-25-31-84(101)68-40-51-76(52-41-68)105(10,11)12/h22-64H,1-21H3. The summed E-state index contributed by atoms with van der Waals surface area (Å²) >= 11 is 0. The van der Waals surface area contributed by atoms with Gasteiger partial charge in [0.1, 0.15) is 0 Å². The van der Waals surface area contributed by atoms with Gasteiger partial charge in [-0.25, -0.2) is 0 Å². The Balaban J connectivity index is 1.02. The molecule has 0 unspecified atom stereocenters. The van der Waals surface area contributed by atoms with E-state index in [1.165, 1.54) is 171 Å². The molecule has 2 aliphatic rings. The summed E-state index contributed by atoms with van der Waals surface area (Å²) in [6.45, 7) is 49.1. The highest BCUT2D eigenvalue weighted by atomic mass is 15.2. The summed E-state index contributed by atoms with van der Waals surface area (Å²) in [5.74, 6) is 0. The number of hydrogen-bond donors (Lipinski definition) is 0. The number of fused-ring (bicyclic) bond motifs is 5. The number of aromatic nitrogens is 1. The number of hydrogen-bond acceptors (Lipinski definition) is 2. The first-order valence-corrected chi connectivity index (χ1v) is 40.8. The lowest BCUT2D eigenvalue weighted by Gasteiger charge is -2.46. The Labute approximate surface area is 665 Å². The summed E-state index contributed by atoms with van der Waals surface area (Å²) in [6, 6.07) is 104. The van der Waals surface area contributed by atoms with Crippen LogP contribution < -0.4 is 26.2 Å². The minimum atomic E-state index is -0.326. The molecule has 0 spiro atoms. The van der Waals surface area contributed by atoms with Crippen LogP contribution >= 0.6 is 0 Å². The predicted octanol–water partition coefficient (Wildman–Crippen LogP) is 28.6. The van der Waals surface area contributed by atoms with Crippen LogP contribution in [0.2, 0.25) is 0 Å². The van der Waals surface area contributed by atoms with Crippen molar-refractivity contribution in [2.45, 2.75) is 183 Å².